The third-order valence-electron chi connectivity index (χ3n) is 7.30. The quantitative estimate of drug-likeness (QED) is 0.169. The number of amides is 1. The van der Waals surface area contributed by atoms with Crippen molar-refractivity contribution in [1.29, 1.82) is 0 Å². The van der Waals surface area contributed by atoms with Crippen LogP contribution in [0.4, 0.5) is 43.9 Å². The highest BCUT2D eigenvalue weighted by molar-refractivity contribution is 5.95. The maximum atomic E-state index is 15.2. The van der Waals surface area contributed by atoms with Crippen LogP contribution in [0.5, 0.6) is 5.75 Å². The van der Waals surface area contributed by atoms with E-state index in [1.165, 1.54) is 12.1 Å². The zero-order chi connectivity index (χ0) is 35.7. The lowest BCUT2D eigenvalue weighted by molar-refractivity contribution is -0.253. The summed E-state index contributed by atoms with van der Waals surface area (Å²) in [5, 5.41) is 2.57. The van der Waals surface area contributed by atoms with Crippen molar-refractivity contribution in [2.75, 3.05) is 0 Å². The number of ether oxygens (including phenoxy) is 1. The highest BCUT2D eigenvalue weighted by atomic mass is 19.4. The maximum Gasteiger partial charge on any atom is 0.461 e. The number of hydrogen-bond acceptors (Lipinski definition) is 2. The second kappa shape index (κ2) is 13.5. The molecule has 0 saturated carbocycles. The van der Waals surface area contributed by atoms with Crippen LogP contribution in [-0.2, 0) is 24.6 Å². The lowest BCUT2D eigenvalue weighted by Crippen LogP contribution is -2.49. The van der Waals surface area contributed by atoms with Gasteiger partial charge in [-0.15, -0.1) is 0 Å². The molecule has 256 valence electrons. The minimum atomic E-state index is -5.19. The molecule has 3 nitrogen and oxygen atoms in total. The average molecular weight is 686 g/mol. The molecule has 0 bridgehead atoms. The van der Waals surface area contributed by atoms with Crippen molar-refractivity contribution in [3.63, 3.8) is 0 Å². The summed E-state index contributed by atoms with van der Waals surface area (Å²) in [5.41, 5.74) is -4.85. The third kappa shape index (κ3) is 8.48. The summed E-state index contributed by atoms with van der Waals surface area (Å²) in [6.07, 6.45) is -14.8. The Morgan fingerprint density at radius 2 is 1.40 bits per heavy atom. The lowest BCUT2D eigenvalue weighted by Gasteiger charge is -2.37. The van der Waals surface area contributed by atoms with Gasteiger partial charge in [-0.1, -0.05) is 63.2 Å². The van der Waals surface area contributed by atoms with Gasteiger partial charge in [-0.05, 0) is 70.5 Å². The van der Waals surface area contributed by atoms with Crippen molar-refractivity contribution in [3.8, 4) is 5.75 Å². The Bertz CT molecular complexity index is 1770. The smallest absolute Gasteiger partial charge is 0.428 e. The van der Waals surface area contributed by atoms with Gasteiger partial charge in [0.2, 0.25) is 0 Å². The van der Waals surface area contributed by atoms with E-state index in [9.17, 15) is 39.9 Å². The van der Waals surface area contributed by atoms with Gasteiger partial charge in [0.05, 0.1) is 11.1 Å². The van der Waals surface area contributed by atoms with Gasteiger partial charge in [-0.3, -0.25) is 4.79 Å². The number of carbonyl (C=O) groups excluding carboxylic acids is 1. The van der Waals surface area contributed by atoms with Gasteiger partial charge >= 0.3 is 18.7 Å². The fraction of sp³-hybridized carbons (Fsp3) is 0.286. The first kappa shape index (κ1) is 36.3. The van der Waals surface area contributed by atoms with E-state index in [1.807, 2.05) is 20.8 Å². The van der Waals surface area contributed by atoms with Crippen molar-refractivity contribution in [1.82, 2.24) is 5.32 Å². The Morgan fingerprint density at radius 1 is 0.750 bits per heavy atom. The first-order chi connectivity index (χ1) is 22.2. The fourth-order valence-corrected chi connectivity index (χ4v) is 5.23. The van der Waals surface area contributed by atoms with Gasteiger partial charge in [-0.2, -0.15) is 30.7 Å². The molecule has 0 aliphatic heterocycles. The van der Waals surface area contributed by atoms with E-state index in [0.717, 1.165) is 24.3 Å². The standard InChI is InChI=1S/C35H29F10NO2/c1-32(2,3)19-22-13-23(10-12-28(22)37)33(18-20-7-5-4-6-8-20,24-15-25(36)17-26(16-24)48-35(44,45)31(39)40)46-30(47)21-9-11-29(38)27(14-21)34(41,42)43/h4-17,31H,18-19H2,1-3H3,(H,46,47). The SMILES string of the molecule is CC(C)(C)Cc1cc(C(Cc2ccccc2)(NC(=O)c2ccc(F)c(C(F)(F)F)c2)c2cc(F)cc(OC(F)(F)C(F)F)c2)ccc1F. The molecule has 0 saturated heterocycles. The molecule has 0 aromatic heterocycles. The van der Waals surface area contributed by atoms with Crippen molar-refractivity contribution in [2.24, 2.45) is 5.41 Å². The minimum absolute atomic E-state index is 0.0238. The van der Waals surface area contributed by atoms with E-state index >= 15 is 8.78 Å². The van der Waals surface area contributed by atoms with E-state index in [1.54, 1.807) is 30.3 Å². The van der Waals surface area contributed by atoms with Crippen molar-refractivity contribution >= 4 is 5.91 Å². The number of carbonyl (C=O) groups is 1. The number of benzene rings is 4. The second-order valence-electron chi connectivity index (χ2n) is 12.4. The summed E-state index contributed by atoms with van der Waals surface area (Å²) in [4.78, 5) is 13.8. The summed E-state index contributed by atoms with van der Waals surface area (Å²) in [5.74, 6) is -5.91. The number of rotatable bonds is 10. The Morgan fingerprint density at radius 3 is 2.00 bits per heavy atom. The second-order valence-corrected chi connectivity index (χ2v) is 12.4. The molecule has 0 heterocycles. The summed E-state index contributed by atoms with van der Waals surface area (Å²) < 4.78 is 143. The van der Waals surface area contributed by atoms with Gasteiger partial charge in [0.25, 0.3) is 5.91 Å². The van der Waals surface area contributed by atoms with Gasteiger partial charge in [0, 0.05) is 18.1 Å². The van der Waals surface area contributed by atoms with Gasteiger partial charge < -0.3 is 10.1 Å². The van der Waals surface area contributed by atoms with Crippen LogP contribution in [0.1, 0.15) is 58.9 Å². The fourth-order valence-electron chi connectivity index (χ4n) is 5.23. The molecular weight excluding hydrogens is 656 g/mol. The van der Waals surface area contributed by atoms with Crippen molar-refractivity contribution in [3.05, 3.63) is 136 Å². The Hall–Kier alpha value is -4.55. The topological polar surface area (TPSA) is 38.3 Å². The van der Waals surface area contributed by atoms with Crippen LogP contribution in [0.15, 0.2) is 84.9 Å². The number of hydrogen-bond donors (Lipinski definition) is 1. The van der Waals surface area contributed by atoms with E-state index in [0.29, 0.717) is 17.7 Å². The van der Waals surface area contributed by atoms with E-state index in [4.69, 9.17) is 0 Å². The molecule has 4 rings (SSSR count). The Labute approximate surface area is 269 Å². The zero-order valence-corrected chi connectivity index (χ0v) is 25.7. The largest absolute Gasteiger partial charge is 0.461 e. The molecule has 1 unspecified atom stereocenters. The third-order valence-corrected chi connectivity index (χ3v) is 7.30. The highest BCUT2D eigenvalue weighted by Crippen LogP contribution is 2.40. The van der Waals surface area contributed by atoms with Crippen LogP contribution in [0.25, 0.3) is 0 Å². The van der Waals surface area contributed by atoms with Crippen molar-refractivity contribution in [2.45, 2.75) is 57.9 Å². The van der Waals surface area contributed by atoms with E-state index < -0.39 is 69.9 Å². The summed E-state index contributed by atoms with van der Waals surface area (Å²) in [6, 6.07) is 15.0. The molecule has 0 aliphatic carbocycles. The van der Waals surface area contributed by atoms with Crippen LogP contribution in [0.3, 0.4) is 0 Å². The van der Waals surface area contributed by atoms with Gasteiger partial charge in [0.15, 0.2) is 0 Å². The number of halogens is 10. The van der Waals surface area contributed by atoms with Crippen LogP contribution in [0.2, 0.25) is 0 Å². The first-order valence-electron chi connectivity index (χ1n) is 14.4. The molecule has 0 fully saturated rings. The molecule has 4 aromatic rings. The molecule has 13 heteroatoms. The maximum absolute atomic E-state index is 15.2. The summed E-state index contributed by atoms with van der Waals surface area (Å²) >= 11 is 0. The monoisotopic (exact) mass is 685 g/mol. The first-order valence-corrected chi connectivity index (χ1v) is 14.4. The summed E-state index contributed by atoms with van der Waals surface area (Å²) in [7, 11) is 0. The molecule has 1 N–H and O–H groups in total. The van der Waals surface area contributed by atoms with Crippen LogP contribution in [-0.4, -0.2) is 18.4 Å². The van der Waals surface area contributed by atoms with E-state index in [-0.39, 0.29) is 35.6 Å². The minimum Gasteiger partial charge on any atom is -0.428 e. The average Bonchev–Trinajstić information content (AvgIpc) is 2.96. The van der Waals surface area contributed by atoms with Crippen LogP contribution < -0.4 is 10.1 Å². The number of nitrogens with one attached hydrogen (secondary N) is 1. The molecule has 48 heavy (non-hydrogen) atoms. The predicted octanol–water partition coefficient (Wildman–Crippen LogP) is 9.86. The van der Waals surface area contributed by atoms with Gasteiger partial charge in [-0.25, -0.2) is 13.2 Å². The molecule has 1 amide bonds. The molecule has 4 aromatic carbocycles. The van der Waals surface area contributed by atoms with Gasteiger partial charge in [0.1, 0.15) is 23.2 Å². The molecular formula is C35H29F10NO2. The van der Waals surface area contributed by atoms with Crippen LogP contribution in [0, 0.1) is 22.9 Å². The summed E-state index contributed by atoms with van der Waals surface area (Å²) in [6.45, 7) is 5.43. The zero-order valence-electron chi connectivity index (χ0n) is 25.7. The van der Waals surface area contributed by atoms with Crippen LogP contribution >= 0.6 is 0 Å². The normalized spacial score (nSPS) is 13.7. The number of alkyl halides is 7. The molecule has 0 radical (unpaired) electrons. The molecule has 1 atom stereocenters. The predicted molar refractivity (Wildman–Crippen MR) is 157 cm³/mol. The highest BCUT2D eigenvalue weighted by Gasteiger charge is 2.45. The Kier molecular flexibility index (Phi) is 10.2. The van der Waals surface area contributed by atoms with Crippen molar-refractivity contribution < 1.29 is 53.4 Å². The molecule has 0 aliphatic rings. The lowest BCUT2D eigenvalue weighted by atomic mass is 9.76. The van der Waals surface area contributed by atoms with E-state index in [2.05, 4.69) is 10.1 Å². The Balaban J connectivity index is 2.03. The molecule has 0 spiro atoms.